The molecule has 144 valence electrons. The summed E-state index contributed by atoms with van der Waals surface area (Å²) < 4.78 is 4.99. The van der Waals surface area contributed by atoms with Crippen LogP contribution in [-0.2, 0) is 20.7 Å². The summed E-state index contributed by atoms with van der Waals surface area (Å²) in [6, 6.07) is 16.6. The summed E-state index contributed by atoms with van der Waals surface area (Å²) in [5.41, 5.74) is 3.20. The predicted octanol–water partition coefficient (Wildman–Crippen LogP) is 3.40. The fourth-order valence-corrected chi connectivity index (χ4v) is 2.52. The Kier molecular flexibility index (Phi) is 7.35. The molecule has 0 aromatic heterocycles. The van der Waals surface area contributed by atoms with Gasteiger partial charge in [0.25, 0.3) is 5.91 Å². The number of benzene rings is 2. The Bertz CT molecular complexity index is 909. The number of amides is 1. The molecular formula is C22H23N3O3. The Hall–Kier alpha value is -3.59. The molecule has 2 aromatic rings. The van der Waals surface area contributed by atoms with Crippen LogP contribution in [0.2, 0.25) is 0 Å². The molecule has 28 heavy (non-hydrogen) atoms. The summed E-state index contributed by atoms with van der Waals surface area (Å²) in [6.45, 7) is 1.52. The first-order chi connectivity index (χ1) is 13.4. The molecule has 0 aliphatic rings. The molecule has 0 saturated carbocycles. The van der Waals surface area contributed by atoms with Crippen LogP contribution in [0, 0.1) is 11.3 Å². The smallest absolute Gasteiger partial charge is 0.349 e. The van der Waals surface area contributed by atoms with Crippen LogP contribution in [0.25, 0.3) is 6.08 Å². The predicted molar refractivity (Wildman–Crippen MR) is 110 cm³/mol. The molecule has 0 heterocycles. The first kappa shape index (κ1) is 20.7. The Morgan fingerprint density at radius 2 is 1.82 bits per heavy atom. The fourth-order valence-electron chi connectivity index (χ4n) is 2.52. The molecular weight excluding hydrogens is 354 g/mol. The molecule has 0 radical (unpaired) electrons. The number of aryl methyl sites for hydroxylation is 1. The van der Waals surface area contributed by atoms with Crippen LogP contribution >= 0.6 is 0 Å². The van der Waals surface area contributed by atoms with Gasteiger partial charge in [0.2, 0.25) is 0 Å². The third-order valence-electron chi connectivity index (χ3n) is 4.07. The molecule has 1 amide bonds. The molecule has 1 N–H and O–H groups in total. The van der Waals surface area contributed by atoms with Crippen LogP contribution in [-0.4, -0.2) is 32.6 Å². The van der Waals surface area contributed by atoms with Crippen molar-refractivity contribution in [3.8, 4) is 6.07 Å². The van der Waals surface area contributed by atoms with Crippen molar-refractivity contribution in [2.24, 2.45) is 0 Å². The lowest BCUT2D eigenvalue weighted by molar-refractivity contribution is -0.142. The zero-order valence-electron chi connectivity index (χ0n) is 16.2. The molecule has 0 bridgehead atoms. The number of nitrogens with one attached hydrogen (secondary N) is 1. The van der Waals surface area contributed by atoms with E-state index in [9.17, 15) is 14.9 Å². The van der Waals surface area contributed by atoms with Gasteiger partial charge in [-0.25, -0.2) is 4.79 Å². The van der Waals surface area contributed by atoms with Crippen molar-refractivity contribution in [3.63, 3.8) is 0 Å². The number of para-hydroxylation sites is 1. The van der Waals surface area contributed by atoms with E-state index in [0.717, 1.165) is 17.7 Å². The molecule has 2 aromatic carbocycles. The van der Waals surface area contributed by atoms with Crippen molar-refractivity contribution in [2.75, 3.05) is 30.9 Å². The number of hydrogen-bond donors (Lipinski definition) is 1. The summed E-state index contributed by atoms with van der Waals surface area (Å²) in [4.78, 5) is 26.1. The van der Waals surface area contributed by atoms with Crippen molar-refractivity contribution in [3.05, 3.63) is 65.2 Å². The third kappa shape index (κ3) is 5.71. The Labute approximate surface area is 165 Å². The summed E-state index contributed by atoms with van der Waals surface area (Å²) in [5.74, 6) is -1.29. The van der Waals surface area contributed by atoms with Gasteiger partial charge in [0.15, 0.2) is 6.61 Å². The molecule has 0 aliphatic heterocycles. The number of hydrogen-bond acceptors (Lipinski definition) is 5. The van der Waals surface area contributed by atoms with Crippen LogP contribution in [0.3, 0.4) is 0 Å². The number of carbonyl (C=O) groups excluding carboxylic acids is 2. The van der Waals surface area contributed by atoms with Gasteiger partial charge in [-0.15, -0.1) is 0 Å². The molecule has 6 heteroatoms. The second-order valence-corrected chi connectivity index (χ2v) is 6.29. The van der Waals surface area contributed by atoms with Crippen molar-refractivity contribution in [1.82, 2.24) is 0 Å². The lowest BCUT2D eigenvalue weighted by Crippen LogP contribution is -2.22. The van der Waals surface area contributed by atoms with Crippen LogP contribution < -0.4 is 10.2 Å². The lowest BCUT2D eigenvalue weighted by atomic mass is 10.1. The monoisotopic (exact) mass is 377 g/mol. The maximum absolute atomic E-state index is 12.1. The van der Waals surface area contributed by atoms with Gasteiger partial charge in [-0.1, -0.05) is 37.3 Å². The molecule has 0 aliphatic carbocycles. The van der Waals surface area contributed by atoms with E-state index in [1.165, 1.54) is 6.08 Å². The van der Waals surface area contributed by atoms with Crippen molar-refractivity contribution in [2.45, 2.75) is 13.3 Å². The Morgan fingerprint density at radius 1 is 1.14 bits per heavy atom. The van der Waals surface area contributed by atoms with Crippen molar-refractivity contribution >= 4 is 29.3 Å². The summed E-state index contributed by atoms with van der Waals surface area (Å²) in [5, 5.41) is 12.0. The number of rotatable bonds is 7. The highest BCUT2D eigenvalue weighted by Crippen LogP contribution is 2.16. The highest BCUT2D eigenvalue weighted by atomic mass is 16.5. The topological polar surface area (TPSA) is 82.4 Å². The first-order valence-corrected chi connectivity index (χ1v) is 8.88. The van der Waals surface area contributed by atoms with E-state index in [1.54, 1.807) is 18.2 Å². The van der Waals surface area contributed by atoms with Crippen LogP contribution in [0.4, 0.5) is 11.4 Å². The van der Waals surface area contributed by atoms with E-state index in [2.05, 4.69) is 5.32 Å². The Balaban J connectivity index is 1.98. The highest BCUT2D eigenvalue weighted by molar-refractivity contribution is 6.00. The zero-order chi connectivity index (χ0) is 20.5. The molecule has 0 saturated heterocycles. The highest BCUT2D eigenvalue weighted by Gasteiger charge is 2.14. The quantitative estimate of drug-likeness (QED) is 0.454. The maximum Gasteiger partial charge on any atom is 0.349 e. The number of esters is 1. The van der Waals surface area contributed by atoms with Gasteiger partial charge in [0.05, 0.1) is 0 Å². The number of carbonyl (C=O) groups is 2. The van der Waals surface area contributed by atoms with E-state index in [1.807, 2.05) is 62.3 Å². The number of ether oxygens (including phenoxy) is 1. The minimum absolute atomic E-state index is 0.167. The summed E-state index contributed by atoms with van der Waals surface area (Å²) >= 11 is 0. The average molecular weight is 377 g/mol. The molecule has 0 spiro atoms. The van der Waals surface area contributed by atoms with E-state index >= 15 is 0 Å². The molecule has 0 atom stereocenters. The van der Waals surface area contributed by atoms with E-state index < -0.39 is 18.5 Å². The van der Waals surface area contributed by atoms with E-state index in [4.69, 9.17) is 4.74 Å². The number of nitrogens with zero attached hydrogens (tertiary/aromatic N) is 2. The largest absolute Gasteiger partial charge is 0.451 e. The van der Waals surface area contributed by atoms with Crippen LogP contribution in [0.5, 0.6) is 0 Å². The summed E-state index contributed by atoms with van der Waals surface area (Å²) in [7, 11) is 3.85. The maximum atomic E-state index is 12.1. The van der Waals surface area contributed by atoms with Crippen molar-refractivity contribution in [1.29, 1.82) is 5.26 Å². The van der Waals surface area contributed by atoms with Gasteiger partial charge >= 0.3 is 5.97 Å². The molecule has 0 unspecified atom stereocenters. The van der Waals surface area contributed by atoms with Crippen LogP contribution in [0.1, 0.15) is 18.1 Å². The van der Waals surface area contributed by atoms with Gasteiger partial charge in [-0.3, -0.25) is 4.79 Å². The van der Waals surface area contributed by atoms with Gasteiger partial charge in [-0.2, -0.15) is 5.26 Å². The van der Waals surface area contributed by atoms with E-state index in [-0.39, 0.29) is 5.57 Å². The minimum atomic E-state index is -0.835. The fraction of sp³-hybridized carbons (Fsp3) is 0.227. The standard InChI is InChI=1S/C22H23N3O3/c1-4-17-7-5-6-8-20(17)24-21(26)15-28-22(27)18(14-23)13-16-9-11-19(12-10-16)25(2)3/h5-13H,4,15H2,1-3H3,(H,24,26)/b18-13+. The van der Waals surface area contributed by atoms with Gasteiger partial charge in [0.1, 0.15) is 11.6 Å². The molecule has 0 fully saturated rings. The van der Waals surface area contributed by atoms with E-state index in [0.29, 0.717) is 11.3 Å². The van der Waals surface area contributed by atoms with Crippen LogP contribution in [0.15, 0.2) is 54.1 Å². The molecule has 6 nitrogen and oxygen atoms in total. The molecule has 2 rings (SSSR count). The second-order valence-electron chi connectivity index (χ2n) is 6.29. The SMILES string of the molecule is CCc1ccccc1NC(=O)COC(=O)/C(C#N)=C/c1ccc(N(C)C)cc1. The van der Waals surface area contributed by atoms with Gasteiger partial charge < -0.3 is 15.0 Å². The minimum Gasteiger partial charge on any atom is -0.451 e. The zero-order valence-corrected chi connectivity index (χ0v) is 16.2. The van der Waals surface area contributed by atoms with Crippen molar-refractivity contribution < 1.29 is 14.3 Å². The third-order valence-corrected chi connectivity index (χ3v) is 4.07. The summed E-state index contributed by atoms with van der Waals surface area (Å²) in [6.07, 6.45) is 2.20. The second kappa shape index (κ2) is 9.93. The van der Waals surface area contributed by atoms with Gasteiger partial charge in [0, 0.05) is 25.5 Å². The normalized spacial score (nSPS) is 10.7. The first-order valence-electron chi connectivity index (χ1n) is 8.88. The van der Waals surface area contributed by atoms with Gasteiger partial charge in [-0.05, 0) is 41.8 Å². The average Bonchev–Trinajstić information content (AvgIpc) is 2.71. The number of nitriles is 1. The lowest BCUT2D eigenvalue weighted by Gasteiger charge is -2.12. The number of anilines is 2. The Morgan fingerprint density at radius 3 is 2.43 bits per heavy atom.